The molecule has 6 rings (SSSR count). The fourth-order valence-corrected chi connectivity index (χ4v) is 12.7. The Kier molecular flexibility index (Phi) is 6.86. The molecule has 10 atom stereocenters. The highest BCUT2D eigenvalue weighted by Gasteiger charge is 2.70. The van der Waals surface area contributed by atoms with Gasteiger partial charge in [-0.05, 0) is 147 Å². The molecule has 2 nitrogen and oxygen atoms in total. The predicted molar refractivity (Wildman–Crippen MR) is 168 cm³/mol. The first-order chi connectivity index (χ1) is 18.7. The van der Waals surface area contributed by atoms with E-state index in [0.717, 1.165) is 34.6 Å². The Labute approximate surface area is 252 Å². The number of ether oxygens (including phenoxy) is 1. The molecule has 4 unspecified atom stereocenters. The molecule has 5 fully saturated rings. The molecule has 0 heterocycles. The summed E-state index contributed by atoms with van der Waals surface area (Å²) in [6.45, 7) is 22.4. The number of hydrogen-bond acceptors (Lipinski definition) is 2. The second kappa shape index (κ2) is 9.45. The summed E-state index contributed by atoms with van der Waals surface area (Å²) in [5.41, 5.74) is 3.66. The summed E-state index contributed by atoms with van der Waals surface area (Å²) in [4.78, 5) is 13.2. The van der Waals surface area contributed by atoms with Crippen LogP contribution in [0.2, 0.25) is 0 Å². The Morgan fingerprint density at radius 3 is 2.20 bits per heavy atom. The van der Waals surface area contributed by atoms with Crippen LogP contribution in [0.25, 0.3) is 0 Å². The summed E-state index contributed by atoms with van der Waals surface area (Å²) < 4.78 is 7.31. The second-order valence-corrected chi connectivity index (χ2v) is 17.5. The third kappa shape index (κ3) is 3.94. The largest absolute Gasteiger partial charge is 0.458 e. The van der Waals surface area contributed by atoms with Crippen LogP contribution < -0.4 is 0 Å². The number of carbonyl (C=O) groups is 1. The minimum atomic E-state index is -0.170. The van der Waals surface area contributed by atoms with E-state index in [1.807, 2.05) is 24.3 Å². The fraction of sp³-hybridized carbons (Fsp3) is 0.757. The third-order valence-electron chi connectivity index (χ3n) is 14.8. The van der Waals surface area contributed by atoms with Crippen LogP contribution in [-0.2, 0) is 4.74 Å². The summed E-state index contributed by atoms with van der Waals surface area (Å²) >= 11 is 3.48. The number of halogens is 1. The van der Waals surface area contributed by atoms with Gasteiger partial charge in [0.2, 0.25) is 0 Å². The highest BCUT2D eigenvalue weighted by Crippen LogP contribution is 2.77. The van der Waals surface area contributed by atoms with E-state index in [0.29, 0.717) is 33.1 Å². The molecule has 0 aromatic heterocycles. The van der Waals surface area contributed by atoms with Crippen molar-refractivity contribution < 1.29 is 9.53 Å². The van der Waals surface area contributed by atoms with Gasteiger partial charge in [0, 0.05) is 9.89 Å². The average Bonchev–Trinajstić information content (AvgIpc) is 3.24. The van der Waals surface area contributed by atoms with Crippen LogP contribution in [-0.4, -0.2) is 12.1 Å². The summed E-state index contributed by atoms with van der Waals surface area (Å²) in [5.74, 6) is 3.52. The van der Waals surface area contributed by atoms with Crippen molar-refractivity contribution >= 4 is 21.9 Å². The average molecular weight is 610 g/mol. The monoisotopic (exact) mass is 608 g/mol. The van der Waals surface area contributed by atoms with Gasteiger partial charge in [-0.2, -0.15) is 0 Å². The van der Waals surface area contributed by atoms with Gasteiger partial charge in [0.15, 0.2) is 0 Å². The van der Waals surface area contributed by atoms with Crippen molar-refractivity contribution in [1.29, 1.82) is 0 Å². The van der Waals surface area contributed by atoms with Crippen LogP contribution in [0, 0.1) is 56.7 Å². The first-order valence-electron chi connectivity index (χ1n) is 16.3. The smallest absolute Gasteiger partial charge is 0.338 e. The summed E-state index contributed by atoms with van der Waals surface area (Å²) in [6, 6.07) is 7.60. The quantitative estimate of drug-likeness (QED) is 0.252. The van der Waals surface area contributed by atoms with E-state index in [1.54, 1.807) is 0 Å². The van der Waals surface area contributed by atoms with E-state index < -0.39 is 0 Å². The van der Waals surface area contributed by atoms with Gasteiger partial charge in [-0.1, -0.05) is 69.6 Å². The van der Waals surface area contributed by atoms with Gasteiger partial charge in [-0.3, -0.25) is 0 Å². The molecule has 1 aromatic rings. The lowest BCUT2D eigenvalue weighted by Gasteiger charge is -2.73. The first-order valence-corrected chi connectivity index (χ1v) is 17.1. The Hall–Kier alpha value is -1.09. The minimum Gasteiger partial charge on any atom is -0.458 e. The standard InChI is InChI=1S/C37H53BrO2/c1-23(2)26-15-18-34(5)21-22-36(7)27(31(26)34)13-14-29-35(6)19-17-30(33(3,4)28(35)16-20-37(29,36)8)40-32(39)24-9-11-25(38)12-10-24/h9-12,26-31H,1,13-22H2,2-8H3/t26-,27?,28?,29?,30-,31?,34+,35-,36+,37+/m0/s1. The number of rotatable bonds is 3. The maximum atomic E-state index is 13.2. The number of fused-ring (bicyclic) bond motifs is 7. The lowest BCUT2D eigenvalue weighted by molar-refractivity contribution is -0.246. The zero-order chi connectivity index (χ0) is 28.9. The van der Waals surface area contributed by atoms with Gasteiger partial charge >= 0.3 is 5.97 Å². The van der Waals surface area contributed by atoms with Crippen LogP contribution in [0.5, 0.6) is 0 Å². The Balaban J connectivity index is 1.27. The molecule has 0 N–H and O–H groups in total. The van der Waals surface area contributed by atoms with E-state index in [2.05, 4.69) is 71.0 Å². The van der Waals surface area contributed by atoms with E-state index in [4.69, 9.17) is 4.74 Å². The Morgan fingerprint density at radius 1 is 0.825 bits per heavy atom. The predicted octanol–water partition coefficient (Wildman–Crippen LogP) is 10.7. The molecule has 0 aliphatic heterocycles. The van der Waals surface area contributed by atoms with Crippen LogP contribution in [0.15, 0.2) is 40.9 Å². The van der Waals surface area contributed by atoms with Crippen molar-refractivity contribution in [2.75, 3.05) is 0 Å². The van der Waals surface area contributed by atoms with Crippen molar-refractivity contribution in [3.05, 3.63) is 46.5 Å². The van der Waals surface area contributed by atoms with Crippen LogP contribution in [0.3, 0.4) is 0 Å². The maximum absolute atomic E-state index is 13.2. The Morgan fingerprint density at radius 2 is 1.52 bits per heavy atom. The van der Waals surface area contributed by atoms with Crippen molar-refractivity contribution in [1.82, 2.24) is 0 Å². The summed E-state index contributed by atoms with van der Waals surface area (Å²) in [6.07, 6.45) is 13.0. The number of esters is 1. The molecular weight excluding hydrogens is 556 g/mol. The molecular formula is C37H53BrO2. The molecule has 1 aromatic carbocycles. The topological polar surface area (TPSA) is 26.3 Å². The number of carbonyl (C=O) groups excluding carboxylic acids is 1. The molecule has 0 spiro atoms. The minimum absolute atomic E-state index is 0.0248. The van der Waals surface area contributed by atoms with Gasteiger partial charge in [-0.15, -0.1) is 0 Å². The third-order valence-corrected chi connectivity index (χ3v) is 15.3. The molecule has 0 radical (unpaired) electrons. The van der Waals surface area contributed by atoms with Gasteiger partial charge in [0.1, 0.15) is 6.10 Å². The van der Waals surface area contributed by atoms with E-state index in [9.17, 15) is 4.79 Å². The molecule has 40 heavy (non-hydrogen) atoms. The molecule has 5 aliphatic carbocycles. The van der Waals surface area contributed by atoms with E-state index in [1.165, 1.54) is 63.4 Å². The van der Waals surface area contributed by atoms with Crippen LogP contribution in [0.1, 0.15) is 123 Å². The zero-order valence-corrected chi connectivity index (χ0v) is 27.8. The number of allylic oxidation sites excluding steroid dienone is 1. The lowest BCUT2D eigenvalue weighted by Crippen LogP contribution is -2.66. The summed E-state index contributed by atoms with van der Waals surface area (Å²) in [5, 5.41) is 0. The Bertz CT molecular complexity index is 1190. The first kappa shape index (κ1) is 29.0. The van der Waals surface area contributed by atoms with Crippen molar-refractivity contribution in [2.24, 2.45) is 56.7 Å². The normalized spacial score (nSPS) is 47.3. The fourth-order valence-electron chi connectivity index (χ4n) is 12.5. The lowest BCUT2D eigenvalue weighted by atomic mass is 9.32. The molecule has 3 heteroatoms. The molecule has 5 saturated carbocycles. The zero-order valence-electron chi connectivity index (χ0n) is 26.2. The van der Waals surface area contributed by atoms with E-state index in [-0.39, 0.29) is 17.5 Å². The number of hydrogen-bond donors (Lipinski definition) is 0. The van der Waals surface area contributed by atoms with Crippen molar-refractivity contribution in [3.8, 4) is 0 Å². The highest BCUT2D eigenvalue weighted by molar-refractivity contribution is 9.10. The molecule has 0 amide bonds. The van der Waals surface area contributed by atoms with Gasteiger partial charge in [0.25, 0.3) is 0 Å². The maximum Gasteiger partial charge on any atom is 0.338 e. The molecule has 220 valence electrons. The van der Waals surface area contributed by atoms with Crippen molar-refractivity contribution in [3.63, 3.8) is 0 Å². The molecule has 0 saturated heterocycles. The van der Waals surface area contributed by atoms with E-state index >= 15 is 0 Å². The van der Waals surface area contributed by atoms with Crippen LogP contribution in [0.4, 0.5) is 0 Å². The second-order valence-electron chi connectivity index (χ2n) is 16.6. The van der Waals surface area contributed by atoms with Gasteiger partial charge in [-0.25, -0.2) is 4.79 Å². The molecule has 5 aliphatic rings. The van der Waals surface area contributed by atoms with Gasteiger partial charge in [0.05, 0.1) is 5.56 Å². The summed E-state index contributed by atoms with van der Waals surface area (Å²) in [7, 11) is 0. The van der Waals surface area contributed by atoms with Crippen molar-refractivity contribution in [2.45, 2.75) is 119 Å². The SMILES string of the molecule is C=C(C)[C@@H]1CC[C@]2(C)CC[C@]3(C)C(CCC4[C@@]5(C)CC[C@H](OC(=O)c6ccc(Br)cc6)C(C)(C)C5CC[C@]43C)C12. The highest BCUT2D eigenvalue weighted by atomic mass is 79.9. The molecule has 0 bridgehead atoms. The number of benzene rings is 1. The van der Waals surface area contributed by atoms with Crippen LogP contribution >= 0.6 is 15.9 Å². The van der Waals surface area contributed by atoms with Gasteiger partial charge < -0.3 is 4.74 Å².